The molecule has 0 bridgehead atoms. The maximum absolute atomic E-state index is 5.81. The fourth-order valence-corrected chi connectivity index (χ4v) is 1.92. The number of hydrogen-bond donors (Lipinski definition) is 1. The molecule has 3 heteroatoms. The van der Waals surface area contributed by atoms with Crippen LogP contribution >= 0.6 is 0 Å². The minimum absolute atomic E-state index is 0.728. The lowest BCUT2D eigenvalue weighted by molar-refractivity contribution is 0.479. The molecule has 1 N–H and O–H groups in total. The van der Waals surface area contributed by atoms with Crippen molar-refractivity contribution in [1.82, 2.24) is 10.3 Å². The van der Waals surface area contributed by atoms with E-state index in [-0.39, 0.29) is 0 Å². The van der Waals surface area contributed by atoms with E-state index in [2.05, 4.69) is 22.4 Å². The summed E-state index contributed by atoms with van der Waals surface area (Å²) < 4.78 is 5.81. The van der Waals surface area contributed by atoms with Crippen LogP contribution in [0.4, 0.5) is 0 Å². The smallest absolute Gasteiger partial charge is 0.145 e. The van der Waals surface area contributed by atoms with Gasteiger partial charge in [0.05, 0.1) is 6.20 Å². The second kappa shape index (κ2) is 5.41. The Morgan fingerprint density at radius 3 is 2.84 bits per heavy atom. The molecule has 0 atom stereocenters. The summed E-state index contributed by atoms with van der Waals surface area (Å²) in [7, 11) is 0. The van der Waals surface area contributed by atoms with Crippen molar-refractivity contribution in [3.8, 4) is 11.5 Å². The quantitative estimate of drug-likeness (QED) is 0.887. The van der Waals surface area contributed by atoms with Gasteiger partial charge in [-0.1, -0.05) is 12.1 Å². The lowest BCUT2D eigenvalue weighted by atomic mass is 10.2. The van der Waals surface area contributed by atoms with Gasteiger partial charge < -0.3 is 10.1 Å². The minimum Gasteiger partial charge on any atom is -0.456 e. The summed E-state index contributed by atoms with van der Waals surface area (Å²) >= 11 is 0. The van der Waals surface area contributed by atoms with E-state index >= 15 is 0 Å². The van der Waals surface area contributed by atoms with Gasteiger partial charge in [0.25, 0.3) is 0 Å². The number of aryl methyl sites for hydroxylation is 1. The first-order chi connectivity index (χ1) is 9.29. The van der Waals surface area contributed by atoms with E-state index in [9.17, 15) is 0 Å². The van der Waals surface area contributed by atoms with Crippen LogP contribution in [0, 0.1) is 6.92 Å². The van der Waals surface area contributed by atoms with Crippen molar-refractivity contribution in [1.29, 1.82) is 0 Å². The van der Waals surface area contributed by atoms with Gasteiger partial charge in [0.2, 0.25) is 0 Å². The average molecular weight is 254 g/mol. The van der Waals surface area contributed by atoms with Gasteiger partial charge in [0.15, 0.2) is 0 Å². The van der Waals surface area contributed by atoms with Crippen LogP contribution in [-0.4, -0.2) is 11.0 Å². The Morgan fingerprint density at radius 2 is 2.11 bits per heavy atom. The Balaban J connectivity index is 1.66. The van der Waals surface area contributed by atoms with Gasteiger partial charge in [-0.15, -0.1) is 0 Å². The number of hydrogen-bond acceptors (Lipinski definition) is 3. The molecule has 2 aromatic rings. The van der Waals surface area contributed by atoms with E-state index in [4.69, 9.17) is 4.74 Å². The number of rotatable bonds is 5. The normalized spacial score (nSPS) is 14.4. The van der Waals surface area contributed by atoms with Crippen LogP contribution < -0.4 is 10.1 Å². The highest BCUT2D eigenvalue weighted by molar-refractivity contribution is 5.33. The average Bonchev–Trinajstić information content (AvgIpc) is 3.24. The summed E-state index contributed by atoms with van der Waals surface area (Å²) in [4.78, 5) is 4.23. The maximum Gasteiger partial charge on any atom is 0.145 e. The van der Waals surface area contributed by atoms with Gasteiger partial charge in [0, 0.05) is 18.3 Å². The van der Waals surface area contributed by atoms with Crippen molar-refractivity contribution in [2.24, 2.45) is 0 Å². The number of ether oxygens (including phenoxy) is 1. The third kappa shape index (κ3) is 3.55. The molecule has 1 heterocycles. The predicted molar refractivity (Wildman–Crippen MR) is 75.4 cm³/mol. The minimum atomic E-state index is 0.728. The maximum atomic E-state index is 5.81. The molecule has 3 nitrogen and oxygen atoms in total. The second-order valence-corrected chi connectivity index (χ2v) is 5.04. The Labute approximate surface area is 113 Å². The molecule has 0 saturated heterocycles. The van der Waals surface area contributed by atoms with Crippen LogP contribution in [0.2, 0.25) is 0 Å². The largest absolute Gasteiger partial charge is 0.456 e. The van der Waals surface area contributed by atoms with E-state index in [0.717, 1.165) is 29.8 Å². The highest BCUT2D eigenvalue weighted by Crippen LogP contribution is 2.23. The van der Waals surface area contributed by atoms with Crippen LogP contribution in [0.5, 0.6) is 11.5 Å². The molecule has 1 aromatic heterocycles. The third-order valence-corrected chi connectivity index (χ3v) is 3.19. The Bertz CT molecular complexity index is 547. The molecule has 1 aliphatic rings. The van der Waals surface area contributed by atoms with Crippen molar-refractivity contribution in [3.63, 3.8) is 0 Å². The summed E-state index contributed by atoms with van der Waals surface area (Å²) in [5.74, 6) is 1.64. The third-order valence-electron chi connectivity index (χ3n) is 3.19. The topological polar surface area (TPSA) is 34.1 Å². The molecule has 0 amide bonds. The molecule has 1 saturated carbocycles. The zero-order chi connectivity index (χ0) is 13.1. The zero-order valence-corrected chi connectivity index (χ0v) is 11.1. The highest BCUT2D eigenvalue weighted by Gasteiger charge is 2.19. The summed E-state index contributed by atoms with van der Waals surface area (Å²) in [5, 5.41) is 3.50. The van der Waals surface area contributed by atoms with Gasteiger partial charge in [-0.05, 0) is 49.6 Å². The number of pyridine rings is 1. The first-order valence-electron chi connectivity index (χ1n) is 6.72. The van der Waals surface area contributed by atoms with Crippen molar-refractivity contribution in [2.45, 2.75) is 32.4 Å². The molecule has 0 radical (unpaired) electrons. The summed E-state index contributed by atoms with van der Waals surface area (Å²) in [6, 6.07) is 12.8. The number of benzene rings is 1. The van der Waals surface area contributed by atoms with Gasteiger partial charge >= 0.3 is 0 Å². The van der Waals surface area contributed by atoms with Crippen LogP contribution in [0.15, 0.2) is 42.6 Å². The molecule has 1 aliphatic carbocycles. The SMILES string of the molecule is Cc1ccc(Oc2cccc(CNC3CC3)c2)cn1. The first kappa shape index (κ1) is 12.2. The zero-order valence-electron chi connectivity index (χ0n) is 11.1. The first-order valence-corrected chi connectivity index (χ1v) is 6.72. The molecule has 3 rings (SSSR count). The summed E-state index contributed by atoms with van der Waals surface area (Å²) in [5.41, 5.74) is 2.25. The summed E-state index contributed by atoms with van der Waals surface area (Å²) in [6.07, 6.45) is 4.38. The molecule has 19 heavy (non-hydrogen) atoms. The number of nitrogens with one attached hydrogen (secondary N) is 1. The van der Waals surface area contributed by atoms with Crippen LogP contribution in [0.25, 0.3) is 0 Å². The van der Waals surface area contributed by atoms with E-state index in [1.54, 1.807) is 6.20 Å². The van der Waals surface area contributed by atoms with E-state index < -0.39 is 0 Å². The monoisotopic (exact) mass is 254 g/mol. The molecule has 1 fully saturated rings. The van der Waals surface area contributed by atoms with Gasteiger partial charge in [0.1, 0.15) is 11.5 Å². The lowest BCUT2D eigenvalue weighted by Gasteiger charge is -2.08. The molecule has 0 unspecified atom stereocenters. The molecular formula is C16H18N2O. The Hall–Kier alpha value is -1.87. The molecule has 98 valence electrons. The van der Waals surface area contributed by atoms with Gasteiger partial charge in [-0.25, -0.2) is 0 Å². The fourth-order valence-electron chi connectivity index (χ4n) is 1.92. The number of aromatic nitrogens is 1. The summed E-state index contributed by atoms with van der Waals surface area (Å²) in [6.45, 7) is 2.88. The highest BCUT2D eigenvalue weighted by atomic mass is 16.5. The van der Waals surface area contributed by atoms with E-state index in [0.29, 0.717) is 0 Å². The van der Waals surface area contributed by atoms with Crippen LogP contribution in [-0.2, 0) is 6.54 Å². The second-order valence-electron chi connectivity index (χ2n) is 5.04. The standard InChI is InChI=1S/C16H18N2O/c1-12-5-8-16(11-17-12)19-15-4-2-3-13(9-15)10-18-14-6-7-14/h2-5,8-9,11,14,18H,6-7,10H2,1H3. The van der Waals surface area contributed by atoms with Gasteiger partial charge in [-0.3, -0.25) is 4.98 Å². The van der Waals surface area contributed by atoms with Crippen LogP contribution in [0.3, 0.4) is 0 Å². The van der Waals surface area contributed by atoms with Crippen LogP contribution in [0.1, 0.15) is 24.1 Å². The Morgan fingerprint density at radius 1 is 1.21 bits per heavy atom. The van der Waals surface area contributed by atoms with Crippen molar-refractivity contribution < 1.29 is 4.74 Å². The van der Waals surface area contributed by atoms with Gasteiger partial charge in [-0.2, -0.15) is 0 Å². The Kier molecular flexibility index (Phi) is 3.47. The molecule has 0 spiro atoms. The molecule has 0 aliphatic heterocycles. The number of nitrogens with zero attached hydrogens (tertiary/aromatic N) is 1. The van der Waals surface area contributed by atoms with E-state index in [1.165, 1.54) is 18.4 Å². The fraction of sp³-hybridized carbons (Fsp3) is 0.312. The molecular weight excluding hydrogens is 236 g/mol. The molecule has 1 aromatic carbocycles. The van der Waals surface area contributed by atoms with Crippen molar-refractivity contribution in [2.75, 3.05) is 0 Å². The predicted octanol–water partition coefficient (Wildman–Crippen LogP) is 3.43. The lowest BCUT2D eigenvalue weighted by Crippen LogP contribution is -2.15. The van der Waals surface area contributed by atoms with E-state index in [1.807, 2.05) is 31.2 Å². The van der Waals surface area contributed by atoms with Crippen molar-refractivity contribution >= 4 is 0 Å². The van der Waals surface area contributed by atoms with Crippen molar-refractivity contribution in [3.05, 3.63) is 53.9 Å².